The first-order valence-electron chi connectivity index (χ1n) is 6.93. The minimum Gasteiger partial charge on any atom is -0.326 e. The molecule has 1 aliphatic carbocycles. The van der Waals surface area contributed by atoms with Crippen LogP contribution in [0.3, 0.4) is 0 Å². The first kappa shape index (κ1) is 17.5. The SMILES string of the molecule is CC(=O)Nc1ccc(C)c(NC(=O)CNCC2CC2)c1.Cl. The van der Waals surface area contributed by atoms with Crippen molar-refractivity contribution in [3.63, 3.8) is 0 Å². The molecule has 3 N–H and O–H groups in total. The van der Waals surface area contributed by atoms with E-state index in [1.807, 2.05) is 19.1 Å². The van der Waals surface area contributed by atoms with Crippen molar-refractivity contribution < 1.29 is 9.59 Å². The van der Waals surface area contributed by atoms with Gasteiger partial charge in [0.25, 0.3) is 0 Å². The van der Waals surface area contributed by atoms with Crippen LogP contribution in [-0.2, 0) is 9.59 Å². The lowest BCUT2D eigenvalue weighted by Crippen LogP contribution is -2.29. The summed E-state index contributed by atoms with van der Waals surface area (Å²) < 4.78 is 0. The van der Waals surface area contributed by atoms with Gasteiger partial charge in [0.2, 0.25) is 11.8 Å². The third kappa shape index (κ3) is 6.14. The van der Waals surface area contributed by atoms with Crippen LogP contribution in [0, 0.1) is 12.8 Å². The average molecular weight is 312 g/mol. The molecule has 1 aromatic carbocycles. The molecule has 21 heavy (non-hydrogen) atoms. The third-order valence-corrected chi connectivity index (χ3v) is 3.25. The van der Waals surface area contributed by atoms with Gasteiger partial charge in [0.1, 0.15) is 0 Å². The molecule has 0 spiro atoms. The van der Waals surface area contributed by atoms with Crippen LogP contribution in [0.4, 0.5) is 11.4 Å². The average Bonchev–Trinajstić information content (AvgIpc) is 3.17. The number of aryl methyl sites for hydroxylation is 1. The zero-order valence-electron chi connectivity index (χ0n) is 12.4. The number of nitrogens with one attached hydrogen (secondary N) is 3. The second kappa shape index (κ2) is 8.00. The molecule has 1 aromatic rings. The summed E-state index contributed by atoms with van der Waals surface area (Å²) in [6, 6.07) is 5.46. The second-order valence-corrected chi connectivity index (χ2v) is 5.33. The van der Waals surface area contributed by atoms with Gasteiger partial charge < -0.3 is 16.0 Å². The summed E-state index contributed by atoms with van der Waals surface area (Å²) in [6.07, 6.45) is 2.54. The Morgan fingerprint density at radius 1 is 1.24 bits per heavy atom. The quantitative estimate of drug-likeness (QED) is 0.755. The number of hydrogen-bond acceptors (Lipinski definition) is 3. The zero-order chi connectivity index (χ0) is 14.5. The van der Waals surface area contributed by atoms with Crippen molar-refractivity contribution >= 4 is 35.6 Å². The number of hydrogen-bond donors (Lipinski definition) is 3. The molecular formula is C15H22ClN3O2. The minimum absolute atomic E-state index is 0. The van der Waals surface area contributed by atoms with Gasteiger partial charge in [0.15, 0.2) is 0 Å². The van der Waals surface area contributed by atoms with Gasteiger partial charge in [0, 0.05) is 18.3 Å². The normalized spacial score (nSPS) is 13.2. The first-order valence-corrected chi connectivity index (χ1v) is 6.93. The number of rotatable bonds is 6. The molecule has 0 unspecified atom stereocenters. The fourth-order valence-corrected chi connectivity index (χ4v) is 1.94. The van der Waals surface area contributed by atoms with E-state index >= 15 is 0 Å². The van der Waals surface area contributed by atoms with Gasteiger partial charge in [0.05, 0.1) is 6.54 Å². The molecule has 2 rings (SSSR count). The van der Waals surface area contributed by atoms with Crippen LogP contribution in [0.1, 0.15) is 25.3 Å². The van der Waals surface area contributed by atoms with Crippen LogP contribution in [-0.4, -0.2) is 24.9 Å². The first-order chi connectivity index (χ1) is 9.54. The Labute approximate surface area is 131 Å². The van der Waals surface area contributed by atoms with Gasteiger partial charge in [-0.1, -0.05) is 6.07 Å². The number of benzene rings is 1. The molecular weight excluding hydrogens is 290 g/mol. The smallest absolute Gasteiger partial charge is 0.238 e. The van der Waals surface area contributed by atoms with Gasteiger partial charge in [-0.2, -0.15) is 0 Å². The van der Waals surface area contributed by atoms with Gasteiger partial charge in [-0.15, -0.1) is 12.4 Å². The van der Waals surface area contributed by atoms with E-state index in [1.165, 1.54) is 19.8 Å². The second-order valence-electron chi connectivity index (χ2n) is 5.33. The maximum Gasteiger partial charge on any atom is 0.238 e. The molecule has 2 amide bonds. The molecule has 116 valence electrons. The summed E-state index contributed by atoms with van der Waals surface area (Å²) in [7, 11) is 0. The van der Waals surface area contributed by atoms with Crippen molar-refractivity contribution in [3.8, 4) is 0 Å². The van der Waals surface area contributed by atoms with E-state index in [0.29, 0.717) is 12.2 Å². The summed E-state index contributed by atoms with van der Waals surface area (Å²) in [4.78, 5) is 22.9. The van der Waals surface area contributed by atoms with Crippen molar-refractivity contribution in [1.82, 2.24) is 5.32 Å². The number of carbonyl (C=O) groups excluding carboxylic acids is 2. The van der Waals surface area contributed by atoms with E-state index in [9.17, 15) is 9.59 Å². The van der Waals surface area contributed by atoms with Crippen LogP contribution in [0.2, 0.25) is 0 Å². The Kier molecular flexibility index (Phi) is 6.65. The van der Waals surface area contributed by atoms with Gasteiger partial charge in [-0.05, 0) is 49.9 Å². The maximum atomic E-state index is 11.8. The molecule has 1 saturated carbocycles. The van der Waals surface area contributed by atoms with Gasteiger partial charge in [-0.3, -0.25) is 9.59 Å². The van der Waals surface area contributed by atoms with Crippen molar-refractivity contribution in [3.05, 3.63) is 23.8 Å². The highest BCUT2D eigenvalue weighted by Gasteiger charge is 2.20. The van der Waals surface area contributed by atoms with Crippen LogP contribution >= 0.6 is 12.4 Å². The third-order valence-electron chi connectivity index (χ3n) is 3.25. The van der Waals surface area contributed by atoms with Crippen molar-refractivity contribution in [2.45, 2.75) is 26.7 Å². The fraction of sp³-hybridized carbons (Fsp3) is 0.467. The predicted octanol–water partition coefficient (Wildman–Crippen LogP) is 2.31. The van der Waals surface area contributed by atoms with E-state index in [1.54, 1.807) is 6.07 Å². The largest absolute Gasteiger partial charge is 0.326 e. The highest BCUT2D eigenvalue weighted by atomic mass is 35.5. The topological polar surface area (TPSA) is 70.2 Å². The van der Waals surface area contributed by atoms with Gasteiger partial charge in [-0.25, -0.2) is 0 Å². The van der Waals surface area contributed by atoms with E-state index in [-0.39, 0.29) is 24.2 Å². The summed E-state index contributed by atoms with van der Waals surface area (Å²) in [5, 5.41) is 8.72. The minimum atomic E-state index is -0.128. The maximum absolute atomic E-state index is 11.8. The zero-order valence-corrected chi connectivity index (χ0v) is 13.2. The number of anilines is 2. The van der Waals surface area contributed by atoms with Crippen LogP contribution in [0.5, 0.6) is 0 Å². The molecule has 1 aliphatic rings. The molecule has 0 saturated heterocycles. The van der Waals surface area contributed by atoms with Crippen molar-refractivity contribution in [2.75, 3.05) is 23.7 Å². The van der Waals surface area contributed by atoms with E-state index in [0.717, 1.165) is 23.7 Å². The molecule has 0 aliphatic heterocycles. The molecule has 5 nitrogen and oxygen atoms in total. The Morgan fingerprint density at radius 2 is 1.95 bits per heavy atom. The molecule has 0 bridgehead atoms. The van der Waals surface area contributed by atoms with Crippen molar-refractivity contribution in [1.29, 1.82) is 0 Å². The van der Waals surface area contributed by atoms with Crippen LogP contribution in [0.15, 0.2) is 18.2 Å². The molecule has 0 radical (unpaired) electrons. The number of amides is 2. The summed E-state index contributed by atoms with van der Waals surface area (Å²) in [5.41, 5.74) is 2.38. The Morgan fingerprint density at radius 3 is 2.57 bits per heavy atom. The Hall–Kier alpha value is -1.59. The standard InChI is InChI=1S/C15H21N3O2.ClH/c1-10-3-6-13(17-11(2)19)7-14(10)18-15(20)9-16-8-12-4-5-12;/h3,6-7,12,16H,4-5,8-9H2,1-2H3,(H,17,19)(H,18,20);1H. The number of carbonyl (C=O) groups is 2. The Bertz CT molecular complexity index is 516. The monoisotopic (exact) mass is 311 g/mol. The molecule has 6 heteroatoms. The Balaban J connectivity index is 0.00000220. The van der Waals surface area contributed by atoms with Crippen molar-refractivity contribution in [2.24, 2.45) is 5.92 Å². The van der Waals surface area contributed by atoms with E-state index in [2.05, 4.69) is 16.0 Å². The molecule has 0 aromatic heterocycles. The summed E-state index contributed by atoms with van der Waals surface area (Å²) >= 11 is 0. The fourth-order valence-electron chi connectivity index (χ4n) is 1.94. The summed E-state index contributed by atoms with van der Waals surface area (Å²) in [6.45, 7) is 4.61. The molecule has 0 heterocycles. The van der Waals surface area contributed by atoms with Crippen LogP contribution < -0.4 is 16.0 Å². The van der Waals surface area contributed by atoms with Crippen LogP contribution in [0.25, 0.3) is 0 Å². The molecule has 0 atom stereocenters. The summed E-state index contributed by atoms with van der Waals surface area (Å²) in [5.74, 6) is 0.568. The van der Waals surface area contributed by atoms with Gasteiger partial charge >= 0.3 is 0 Å². The molecule has 1 fully saturated rings. The predicted molar refractivity (Wildman–Crippen MR) is 87.0 cm³/mol. The van der Waals surface area contributed by atoms with E-state index < -0.39 is 0 Å². The van der Waals surface area contributed by atoms with E-state index in [4.69, 9.17) is 0 Å². The lowest BCUT2D eigenvalue weighted by atomic mass is 10.1. The lowest BCUT2D eigenvalue weighted by molar-refractivity contribution is -0.115. The lowest BCUT2D eigenvalue weighted by Gasteiger charge is -2.11. The highest BCUT2D eigenvalue weighted by molar-refractivity contribution is 5.95. The number of halogens is 1. The highest BCUT2D eigenvalue weighted by Crippen LogP contribution is 2.27.